The fourth-order valence-electron chi connectivity index (χ4n) is 3.43. The van der Waals surface area contributed by atoms with Crippen LogP contribution in [0.3, 0.4) is 0 Å². The predicted octanol–water partition coefficient (Wildman–Crippen LogP) is 7.08. The Labute approximate surface area is 216 Å². The molecule has 0 N–H and O–H groups in total. The highest BCUT2D eigenvalue weighted by molar-refractivity contribution is 6.36. The third-order valence-corrected chi connectivity index (χ3v) is 6.16. The van der Waals surface area contributed by atoms with Gasteiger partial charge in [0.2, 0.25) is 0 Å². The number of hydrogen-bond acceptors (Lipinski definition) is 4. The van der Waals surface area contributed by atoms with E-state index in [1.165, 1.54) is 10.5 Å². The molecule has 5 nitrogen and oxygen atoms in total. The van der Waals surface area contributed by atoms with E-state index < -0.39 is 5.97 Å². The second kappa shape index (κ2) is 11.6. The molecule has 0 aliphatic heterocycles. The molecule has 0 unspecified atom stereocenters. The Hall–Kier alpha value is -3.02. The summed E-state index contributed by atoms with van der Waals surface area (Å²) in [6, 6.07) is 19.5. The van der Waals surface area contributed by atoms with Gasteiger partial charge in [0.25, 0.3) is 5.91 Å². The Balaban J connectivity index is 1.83. The van der Waals surface area contributed by atoms with Crippen LogP contribution in [0, 0.1) is 0 Å². The molecule has 35 heavy (non-hydrogen) atoms. The van der Waals surface area contributed by atoms with Gasteiger partial charge in [-0.15, -0.1) is 0 Å². The quantitative estimate of drug-likeness (QED) is 0.302. The summed E-state index contributed by atoms with van der Waals surface area (Å²) in [5, 5.41) is 0.911. The Morgan fingerprint density at radius 1 is 0.886 bits per heavy atom. The zero-order chi connectivity index (χ0) is 25.6. The molecule has 0 aliphatic carbocycles. The number of hydrogen-bond donors (Lipinski definition) is 0. The molecule has 0 aliphatic rings. The van der Waals surface area contributed by atoms with Crippen LogP contribution in [0.4, 0.5) is 5.69 Å². The van der Waals surface area contributed by atoms with Crippen molar-refractivity contribution in [3.8, 4) is 5.75 Å². The Kier molecular flexibility index (Phi) is 8.82. The lowest BCUT2D eigenvalue weighted by Crippen LogP contribution is -2.34. The second-order valence-corrected chi connectivity index (χ2v) is 9.82. The van der Waals surface area contributed by atoms with Crippen LogP contribution in [-0.4, -0.2) is 25.1 Å². The minimum Gasteiger partial charge on any atom is -0.484 e. The van der Waals surface area contributed by atoms with E-state index in [0.717, 1.165) is 0 Å². The zero-order valence-corrected chi connectivity index (χ0v) is 21.8. The van der Waals surface area contributed by atoms with E-state index in [-0.39, 0.29) is 31.1 Å². The molecule has 3 aromatic carbocycles. The van der Waals surface area contributed by atoms with Gasteiger partial charge in [-0.05, 0) is 66.4 Å². The van der Waals surface area contributed by atoms with E-state index in [1.807, 2.05) is 24.3 Å². The van der Waals surface area contributed by atoms with Gasteiger partial charge in [0.05, 0.1) is 18.7 Å². The van der Waals surface area contributed by atoms with Crippen molar-refractivity contribution >= 4 is 40.8 Å². The van der Waals surface area contributed by atoms with Crippen LogP contribution in [0.1, 0.15) is 49.2 Å². The molecule has 0 aromatic heterocycles. The molecule has 0 saturated heterocycles. The fourth-order valence-corrected chi connectivity index (χ4v) is 3.95. The van der Waals surface area contributed by atoms with Gasteiger partial charge in [-0.3, -0.25) is 4.79 Å². The van der Waals surface area contributed by atoms with Gasteiger partial charge < -0.3 is 14.4 Å². The Morgan fingerprint density at radius 2 is 1.49 bits per heavy atom. The number of nitrogens with zero attached hydrogens (tertiary/aromatic N) is 1. The molecular formula is C28H29Cl2NO4. The fraction of sp³-hybridized carbons (Fsp3) is 0.286. The van der Waals surface area contributed by atoms with Crippen LogP contribution < -0.4 is 9.64 Å². The molecule has 0 heterocycles. The molecule has 0 spiro atoms. The molecule has 3 rings (SSSR count). The average molecular weight is 514 g/mol. The highest BCUT2D eigenvalue weighted by atomic mass is 35.5. The lowest BCUT2D eigenvalue weighted by atomic mass is 9.87. The summed E-state index contributed by atoms with van der Waals surface area (Å²) in [6.45, 7) is 8.39. The first kappa shape index (κ1) is 26.6. The zero-order valence-electron chi connectivity index (χ0n) is 20.3. The summed E-state index contributed by atoms with van der Waals surface area (Å²) in [7, 11) is 0. The summed E-state index contributed by atoms with van der Waals surface area (Å²) in [6.07, 6.45) is 0. The lowest BCUT2D eigenvalue weighted by molar-refractivity contribution is -0.120. The first-order valence-corrected chi connectivity index (χ1v) is 12.1. The van der Waals surface area contributed by atoms with Crippen molar-refractivity contribution < 1.29 is 19.1 Å². The van der Waals surface area contributed by atoms with Gasteiger partial charge >= 0.3 is 5.97 Å². The third kappa shape index (κ3) is 7.00. The summed E-state index contributed by atoms with van der Waals surface area (Å²) in [5.41, 5.74) is 2.79. The van der Waals surface area contributed by atoms with Crippen LogP contribution in [0.15, 0.2) is 66.7 Å². The molecule has 1 amide bonds. The molecule has 0 bridgehead atoms. The highest BCUT2D eigenvalue weighted by Gasteiger charge is 2.21. The van der Waals surface area contributed by atoms with Crippen LogP contribution in [0.5, 0.6) is 5.75 Å². The topological polar surface area (TPSA) is 55.8 Å². The second-order valence-electron chi connectivity index (χ2n) is 9.01. The Bertz CT molecular complexity index is 1150. The number of halogens is 2. The number of rotatable bonds is 8. The van der Waals surface area contributed by atoms with Gasteiger partial charge in [0, 0.05) is 21.3 Å². The molecular weight excluding hydrogens is 485 g/mol. The van der Waals surface area contributed by atoms with Crippen molar-refractivity contribution in [3.63, 3.8) is 0 Å². The number of carbonyl (C=O) groups excluding carboxylic acids is 2. The number of ether oxygens (including phenoxy) is 2. The smallest absolute Gasteiger partial charge is 0.338 e. The van der Waals surface area contributed by atoms with Crippen molar-refractivity contribution in [3.05, 3.63) is 93.5 Å². The largest absolute Gasteiger partial charge is 0.484 e. The third-order valence-electron chi connectivity index (χ3n) is 5.45. The summed E-state index contributed by atoms with van der Waals surface area (Å²) >= 11 is 12.8. The van der Waals surface area contributed by atoms with Crippen LogP contribution in [0.25, 0.3) is 0 Å². The van der Waals surface area contributed by atoms with Crippen molar-refractivity contribution in [1.29, 1.82) is 0 Å². The number of amides is 1. The van der Waals surface area contributed by atoms with Gasteiger partial charge in [0.15, 0.2) is 6.61 Å². The number of benzene rings is 3. The molecule has 3 aromatic rings. The minimum atomic E-state index is -0.423. The Morgan fingerprint density at radius 3 is 2.03 bits per heavy atom. The molecule has 0 atom stereocenters. The van der Waals surface area contributed by atoms with Gasteiger partial charge in [-0.25, -0.2) is 4.79 Å². The monoisotopic (exact) mass is 513 g/mol. The van der Waals surface area contributed by atoms with E-state index in [9.17, 15) is 9.59 Å². The molecule has 0 fully saturated rings. The lowest BCUT2D eigenvalue weighted by Gasteiger charge is -2.24. The standard InChI is InChI=1S/C28H29Cl2NO4/c1-5-34-27(33)19-9-13-21(14-10-19)31(17-23-24(29)7-6-8-25(23)30)26(32)18-35-22-15-11-20(12-16-22)28(2,3)4/h6-16H,5,17-18H2,1-4H3. The number of esters is 1. The maximum Gasteiger partial charge on any atom is 0.338 e. The molecule has 7 heteroatoms. The van der Waals surface area contributed by atoms with Crippen molar-refractivity contribution in [2.45, 2.75) is 39.7 Å². The van der Waals surface area contributed by atoms with E-state index in [1.54, 1.807) is 49.4 Å². The molecule has 0 radical (unpaired) electrons. The molecule has 184 valence electrons. The number of anilines is 1. The molecule has 0 saturated carbocycles. The van der Waals surface area contributed by atoms with Crippen molar-refractivity contribution in [2.75, 3.05) is 18.1 Å². The van der Waals surface area contributed by atoms with E-state index >= 15 is 0 Å². The summed E-state index contributed by atoms with van der Waals surface area (Å²) < 4.78 is 10.8. The SMILES string of the molecule is CCOC(=O)c1ccc(N(Cc2c(Cl)cccc2Cl)C(=O)COc2ccc(C(C)(C)C)cc2)cc1. The predicted molar refractivity (Wildman–Crippen MR) is 141 cm³/mol. The minimum absolute atomic E-state index is 0.0229. The maximum atomic E-state index is 13.3. The van der Waals surface area contributed by atoms with Gasteiger partial charge in [-0.1, -0.05) is 62.2 Å². The van der Waals surface area contributed by atoms with Gasteiger partial charge in [0.1, 0.15) is 5.75 Å². The van der Waals surface area contributed by atoms with Crippen molar-refractivity contribution in [2.24, 2.45) is 0 Å². The summed E-state index contributed by atoms with van der Waals surface area (Å²) in [4.78, 5) is 26.9. The van der Waals surface area contributed by atoms with Crippen LogP contribution in [0.2, 0.25) is 10.0 Å². The van der Waals surface area contributed by atoms with E-state index in [2.05, 4.69) is 20.8 Å². The first-order chi connectivity index (χ1) is 16.6. The van der Waals surface area contributed by atoms with E-state index in [0.29, 0.717) is 32.6 Å². The van der Waals surface area contributed by atoms with Crippen LogP contribution >= 0.6 is 23.2 Å². The normalized spacial score (nSPS) is 11.1. The van der Waals surface area contributed by atoms with Gasteiger partial charge in [-0.2, -0.15) is 0 Å². The maximum absolute atomic E-state index is 13.3. The average Bonchev–Trinajstić information content (AvgIpc) is 2.82. The van der Waals surface area contributed by atoms with Crippen molar-refractivity contribution in [1.82, 2.24) is 0 Å². The first-order valence-electron chi connectivity index (χ1n) is 11.3. The highest BCUT2D eigenvalue weighted by Crippen LogP contribution is 2.29. The van der Waals surface area contributed by atoms with E-state index in [4.69, 9.17) is 32.7 Å². The van der Waals surface area contributed by atoms with Crippen LogP contribution in [-0.2, 0) is 21.5 Å². The summed E-state index contributed by atoms with van der Waals surface area (Å²) in [5.74, 6) is -0.113. The number of carbonyl (C=O) groups is 2.